The normalized spacial score (nSPS) is 9.88. The Hall–Kier alpha value is -1.91. The highest BCUT2D eigenvalue weighted by Gasteiger charge is 2.16. The first-order chi connectivity index (χ1) is 7.50. The van der Waals surface area contributed by atoms with E-state index in [1.807, 2.05) is 0 Å². The third-order valence-corrected chi connectivity index (χ3v) is 2.18. The molecule has 0 radical (unpaired) electrons. The number of hydrogen-bond donors (Lipinski definition) is 1. The molecule has 0 spiro atoms. The molecule has 0 aliphatic carbocycles. The monoisotopic (exact) mass is 225 g/mol. The van der Waals surface area contributed by atoms with Gasteiger partial charge in [0.1, 0.15) is 5.82 Å². The highest BCUT2D eigenvalue weighted by atomic mass is 19.1. The number of rotatable bonds is 3. The van der Waals surface area contributed by atoms with Crippen LogP contribution in [0.4, 0.5) is 4.39 Å². The van der Waals surface area contributed by atoms with Crippen molar-refractivity contribution < 1.29 is 19.1 Å². The van der Waals surface area contributed by atoms with Crippen LogP contribution in [0.5, 0.6) is 0 Å². The molecule has 1 amide bonds. The van der Waals surface area contributed by atoms with Crippen LogP contribution in [-0.2, 0) is 16.0 Å². The molecule has 0 unspecified atom stereocenters. The maximum absolute atomic E-state index is 12.6. The maximum Gasteiger partial charge on any atom is 0.394 e. The molecule has 0 bridgehead atoms. The second-order valence-corrected chi connectivity index (χ2v) is 3.41. The number of likely N-dealkylation sites (N-methyl/N-ethyl adjacent to an activating group) is 1. The zero-order valence-electron chi connectivity index (χ0n) is 8.81. The third kappa shape index (κ3) is 3.34. The van der Waals surface area contributed by atoms with Gasteiger partial charge in [0.15, 0.2) is 0 Å². The largest absolute Gasteiger partial charge is 0.474 e. The number of carboxylic acid groups (broad SMARTS) is 1. The second-order valence-electron chi connectivity index (χ2n) is 3.41. The van der Waals surface area contributed by atoms with Crippen molar-refractivity contribution >= 4 is 11.9 Å². The minimum absolute atomic E-state index is 0.288. The molecule has 0 saturated heterocycles. The molecular formula is C11H12FNO3. The van der Waals surface area contributed by atoms with E-state index in [9.17, 15) is 14.0 Å². The predicted molar refractivity (Wildman–Crippen MR) is 55.4 cm³/mol. The average molecular weight is 225 g/mol. The van der Waals surface area contributed by atoms with E-state index in [0.29, 0.717) is 6.42 Å². The Morgan fingerprint density at radius 2 is 1.88 bits per heavy atom. The van der Waals surface area contributed by atoms with E-state index < -0.39 is 11.9 Å². The molecule has 0 aliphatic heterocycles. The summed E-state index contributed by atoms with van der Waals surface area (Å²) in [6.45, 7) is 0.288. The Morgan fingerprint density at radius 1 is 1.31 bits per heavy atom. The molecule has 0 aliphatic rings. The van der Waals surface area contributed by atoms with Crippen LogP contribution in [0.25, 0.3) is 0 Å². The van der Waals surface area contributed by atoms with Crippen LogP contribution >= 0.6 is 0 Å². The average Bonchev–Trinajstić information content (AvgIpc) is 2.26. The first-order valence-electron chi connectivity index (χ1n) is 4.73. The van der Waals surface area contributed by atoms with Gasteiger partial charge in [-0.25, -0.2) is 9.18 Å². The van der Waals surface area contributed by atoms with E-state index in [0.717, 1.165) is 10.5 Å². The maximum atomic E-state index is 12.6. The molecule has 86 valence electrons. The fourth-order valence-corrected chi connectivity index (χ4v) is 1.21. The van der Waals surface area contributed by atoms with Gasteiger partial charge in [-0.3, -0.25) is 4.79 Å². The molecule has 0 aromatic heterocycles. The van der Waals surface area contributed by atoms with Crippen molar-refractivity contribution in [2.24, 2.45) is 0 Å². The van der Waals surface area contributed by atoms with Gasteiger partial charge in [0.2, 0.25) is 0 Å². The van der Waals surface area contributed by atoms with E-state index in [-0.39, 0.29) is 12.4 Å². The summed E-state index contributed by atoms with van der Waals surface area (Å²) in [5.74, 6) is -2.73. The van der Waals surface area contributed by atoms with Crippen molar-refractivity contribution in [3.63, 3.8) is 0 Å². The molecule has 1 N–H and O–H groups in total. The SMILES string of the molecule is CN(CCc1ccc(F)cc1)C(=O)C(=O)O. The summed E-state index contributed by atoms with van der Waals surface area (Å²) in [5, 5.41) is 8.45. The molecule has 1 aromatic rings. The lowest BCUT2D eigenvalue weighted by molar-refractivity contribution is -0.155. The summed E-state index contributed by atoms with van der Waals surface area (Å²) in [6, 6.07) is 5.87. The number of aliphatic carboxylic acids is 1. The number of carbonyl (C=O) groups excluding carboxylic acids is 1. The number of carbonyl (C=O) groups is 2. The summed E-state index contributed by atoms with van der Waals surface area (Å²) in [7, 11) is 1.42. The van der Waals surface area contributed by atoms with Crippen molar-refractivity contribution in [2.45, 2.75) is 6.42 Å². The molecule has 0 saturated carbocycles. The molecule has 5 heteroatoms. The van der Waals surface area contributed by atoms with Gasteiger partial charge in [0.05, 0.1) is 0 Å². The van der Waals surface area contributed by atoms with E-state index in [1.54, 1.807) is 12.1 Å². The number of amides is 1. The van der Waals surface area contributed by atoms with E-state index in [1.165, 1.54) is 19.2 Å². The predicted octanol–water partition coefficient (Wildman–Crippen LogP) is 0.911. The smallest absolute Gasteiger partial charge is 0.394 e. The molecular weight excluding hydrogens is 213 g/mol. The number of nitrogens with zero attached hydrogens (tertiary/aromatic N) is 1. The Labute approximate surface area is 92.3 Å². The van der Waals surface area contributed by atoms with Gasteiger partial charge in [0, 0.05) is 13.6 Å². The minimum atomic E-state index is -1.47. The van der Waals surface area contributed by atoms with Crippen molar-refractivity contribution in [3.05, 3.63) is 35.6 Å². The van der Waals surface area contributed by atoms with E-state index in [2.05, 4.69) is 0 Å². The van der Waals surface area contributed by atoms with Crippen LogP contribution < -0.4 is 0 Å². The first-order valence-corrected chi connectivity index (χ1v) is 4.73. The fraction of sp³-hybridized carbons (Fsp3) is 0.273. The van der Waals surface area contributed by atoms with Crippen LogP contribution in [0.3, 0.4) is 0 Å². The lowest BCUT2D eigenvalue weighted by atomic mass is 10.1. The summed E-state index contributed by atoms with van der Waals surface area (Å²) in [4.78, 5) is 22.5. The van der Waals surface area contributed by atoms with Crippen LogP contribution in [0.15, 0.2) is 24.3 Å². The molecule has 0 fully saturated rings. The van der Waals surface area contributed by atoms with Gasteiger partial charge in [-0.15, -0.1) is 0 Å². The van der Waals surface area contributed by atoms with Gasteiger partial charge in [-0.05, 0) is 24.1 Å². The van der Waals surface area contributed by atoms with Crippen molar-refractivity contribution in [2.75, 3.05) is 13.6 Å². The summed E-state index contributed by atoms with van der Waals surface area (Å²) in [5.41, 5.74) is 0.853. The Kier molecular flexibility index (Phi) is 3.99. The lowest BCUT2D eigenvalue weighted by Crippen LogP contribution is -2.34. The summed E-state index contributed by atoms with van der Waals surface area (Å²) >= 11 is 0. The van der Waals surface area contributed by atoms with Gasteiger partial charge in [0.25, 0.3) is 0 Å². The van der Waals surface area contributed by atoms with Gasteiger partial charge < -0.3 is 10.0 Å². The highest BCUT2D eigenvalue weighted by Crippen LogP contribution is 2.04. The van der Waals surface area contributed by atoms with Gasteiger partial charge >= 0.3 is 11.9 Å². The van der Waals surface area contributed by atoms with E-state index >= 15 is 0 Å². The van der Waals surface area contributed by atoms with Crippen LogP contribution in [0, 0.1) is 5.82 Å². The lowest BCUT2D eigenvalue weighted by Gasteiger charge is -2.14. The molecule has 1 aromatic carbocycles. The second kappa shape index (κ2) is 5.25. The van der Waals surface area contributed by atoms with Gasteiger partial charge in [-0.1, -0.05) is 12.1 Å². The standard InChI is InChI=1S/C11H12FNO3/c1-13(10(14)11(15)16)7-6-8-2-4-9(12)5-3-8/h2-5H,6-7H2,1H3,(H,15,16). The highest BCUT2D eigenvalue weighted by molar-refractivity contribution is 6.31. The Morgan fingerprint density at radius 3 is 2.38 bits per heavy atom. The quantitative estimate of drug-likeness (QED) is 0.778. The topological polar surface area (TPSA) is 57.6 Å². The zero-order valence-corrected chi connectivity index (χ0v) is 8.81. The Bertz CT molecular complexity index is 389. The summed E-state index contributed by atoms with van der Waals surface area (Å²) in [6.07, 6.45) is 0.496. The van der Waals surface area contributed by atoms with Crippen molar-refractivity contribution in [1.29, 1.82) is 0 Å². The van der Waals surface area contributed by atoms with Crippen LogP contribution in [-0.4, -0.2) is 35.5 Å². The Balaban J connectivity index is 2.48. The minimum Gasteiger partial charge on any atom is -0.474 e. The fourth-order valence-electron chi connectivity index (χ4n) is 1.21. The van der Waals surface area contributed by atoms with Crippen LogP contribution in [0.1, 0.15) is 5.56 Å². The van der Waals surface area contributed by atoms with Crippen LogP contribution in [0.2, 0.25) is 0 Å². The molecule has 1 rings (SSSR count). The molecule has 0 heterocycles. The number of halogens is 1. The third-order valence-electron chi connectivity index (χ3n) is 2.18. The van der Waals surface area contributed by atoms with Crippen molar-refractivity contribution in [3.8, 4) is 0 Å². The van der Waals surface area contributed by atoms with Gasteiger partial charge in [-0.2, -0.15) is 0 Å². The zero-order chi connectivity index (χ0) is 12.1. The number of hydrogen-bond acceptors (Lipinski definition) is 2. The first kappa shape index (κ1) is 12.2. The van der Waals surface area contributed by atoms with E-state index in [4.69, 9.17) is 5.11 Å². The molecule has 4 nitrogen and oxygen atoms in total. The molecule has 16 heavy (non-hydrogen) atoms. The number of carboxylic acids is 1. The summed E-state index contributed by atoms with van der Waals surface area (Å²) < 4.78 is 12.6. The number of benzene rings is 1. The van der Waals surface area contributed by atoms with Crippen molar-refractivity contribution in [1.82, 2.24) is 4.90 Å². The molecule has 0 atom stereocenters.